The zero-order valence-corrected chi connectivity index (χ0v) is 67.8. The summed E-state index contributed by atoms with van der Waals surface area (Å²) in [5, 5.41) is 17.4. The summed E-state index contributed by atoms with van der Waals surface area (Å²) in [6, 6.07) is 141. The number of hydrogen-bond acceptors (Lipinski definition) is 13. The van der Waals surface area contributed by atoms with Gasteiger partial charge in [0.2, 0.25) is 0 Å². The lowest BCUT2D eigenvalue weighted by atomic mass is 9.96. The molecule has 0 aliphatic carbocycles. The highest BCUT2D eigenvalue weighted by molar-refractivity contribution is 6.25. The summed E-state index contributed by atoms with van der Waals surface area (Å²) in [5.41, 5.74) is 19.8. The fraction of sp³-hybridized carbons (Fsp3) is 0. The second kappa shape index (κ2) is 33.0. The summed E-state index contributed by atoms with van der Waals surface area (Å²) in [7, 11) is 0. The average Bonchev–Trinajstić information content (AvgIpc) is 0.746. The Labute approximate surface area is 724 Å². The minimum absolute atomic E-state index is 0.585. The van der Waals surface area contributed by atoms with Crippen molar-refractivity contribution in [1.29, 1.82) is 0 Å². The highest BCUT2D eigenvalue weighted by Gasteiger charge is 2.23. The van der Waals surface area contributed by atoms with Crippen molar-refractivity contribution in [2.75, 3.05) is 0 Å². The average molecular weight is 1610 g/mol. The van der Waals surface area contributed by atoms with E-state index in [0.29, 0.717) is 29.1 Å². The maximum atomic E-state index is 5.15. The van der Waals surface area contributed by atoms with Gasteiger partial charge in [-0.15, -0.1) is 0 Å². The maximum absolute atomic E-state index is 5.15. The molecule has 0 aliphatic rings. The Balaban J connectivity index is 0.000000112. The van der Waals surface area contributed by atoms with Crippen LogP contribution in [0.2, 0.25) is 0 Å². The number of rotatable bonds is 12. The fourth-order valence-corrected chi connectivity index (χ4v) is 17.0. The van der Waals surface area contributed by atoms with Crippen molar-refractivity contribution in [2.24, 2.45) is 0 Å². The number of hydrogen-bond donors (Lipinski definition) is 0. The van der Waals surface area contributed by atoms with Crippen LogP contribution in [0.1, 0.15) is 0 Å². The molecule has 9 aromatic heterocycles. The Kier molecular flexibility index (Phi) is 19.6. The van der Waals surface area contributed by atoms with Gasteiger partial charge in [-0.25, -0.2) is 49.8 Å². The lowest BCUT2D eigenvalue weighted by Gasteiger charge is -2.13. The molecule has 24 rings (SSSR count). The first kappa shape index (κ1) is 75.0. The van der Waals surface area contributed by atoms with E-state index in [2.05, 4.69) is 224 Å². The number of fused-ring (bicyclic) bond motifs is 15. The van der Waals surface area contributed by atoms with Crippen molar-refractivity contribution < 1.29 is 0 Å². The molecule has 588 valence electrons. The van der Waals surface area contributed by atoms with E-state index in [1.54, 1.807) is 0 Å². The summed E-state index contributed by atoms with van der Waals surface area (Å²) in [6.07, 6.45) is 5.48. The molecule has 13 nitrogen and oxygen atoms in total. The van der Waals surface area contributed by atoms with Crippen LogP contribution in [-0.4, -0.2) is 64.8 Å². The lowest BCUT2D eigenvalue weighted by Crippen LogP contribution is -2.00. The molecule has 0 N–H and O–H groups in total. The highest BCUT2D eigenvalue weighted by atomic mass is 15.0. The van der Waals surface area contributed by atoms with E-state index in [1.807, 2.05) is 207 Å². The molecule has 15 aromatic carbocycles. The molecule has 0 unspecified atom stereocenters. The predicted octanol–water partition coefficient (Wildman–Crippen LogP) is 27.6. The summed E-state index contributed by atoms with van der Waals surface area (Å²) in [4.78, 5) is 64.6. The number of para-hydroxylation sites is 3. The predicted molar refractivity (Wildman–Crippen MR) is 513 cm³/mol. The van der Waals surface area contributed by atoms with E-state index in [1.165, 1.54) is 48.5 Å². The molecule has 126 heavy (non-hydrogen) atoms. The smallest absolute Gasteiger partial charge is 0.164 e. The molecule has 13 heteroatoms. The SMILES string of the molecule is c1ccc(-c2cc(-c3ccccc3)nc(-c3ccnc(-c4nc5ccccc5c5c4ccc4ccccc45)c3)n2)cc1.c1ccc(-c2cc(-c3ccnc(-c4nc5ccccc5c5c4ccc4ccccc45)c3)nc(-c3ccccc3)n2)cc1.c1ccc(-c2nc(-c3ccccc3)nc(-c3ccnc(-c4nc5ccccc5c5c4ccc4ccccc45)c3)n2)cc1. The fourth-order valence-electron chi connectivity index (χ4n) is 17.0. The third-order valence-corrected chi connectivity index (χ3v) is 23.0. The Bertz CT molecular complexity index is 7280. The Morgan fingerprint density at radius 3 is 0.698 bits per heavy atom. The molecule has 0 amide bonds. The monoisotopic (exact) mass is 1610 g/mol. The van der Waals surface area contributed by atoms with Crippen molar-refractivity contribution in [3.8, 4) is 136 Å². The Morgan fingerprint density at radius 2 is 0.373 bits per heavy atom. The van der Waals surface area contributed by atoms with Gasteiger partial charge in [0.15, 0.2) is 29.1 Å². The third-order valence-electron chi connectivity index (χ3n) is 23.0. The quantitative estimate of drug-likeness (QED) is 0.106. The molecule has 0 atom stereocenters. The Hall–Kier alpha value is -17.3. The summed E-state index contributed by atoms with van der Waals surface area (Å²) in [5.74, 6) is 3.17. The Morgan fingerprint density at radius 1 is 0.135 bits per heavy atom. The number of aromatic nitrogens is 13. The molecule has 0 saturated carbocycles. The van der Waals surface area contributed by atoms with Gasteiger partial charge in [0, 0.05) is 117 Å². The van der Waals surface area contributed by atoms with Crippen LogP contribution in [0.3, 0.4) is 0 Å². The van der Waals surface area contributed by atoms with Crippen LogP contribution < -0.4 is 0 Å². The normalized spacial score (nSPS) is 11.3. The molecule has 0 bridgehead atoms. The van der Waals surface area contributed by atoms with Crippen molar-refractivity contribution in [2.45, 2.75) is 0 Å². The maximum Gasteiger partial charge on any atom is 0.164 e. The molecular formula is C113H71N13. The van der Waals surface area contributed by atoms with Crippen LogP contribution in [0.15, 0.2) is 431 Å². The van der Waals surface area contributed by atoms with Crippen molar-refractivity contribution in [3.05, 3.63) is 431 Å². The minimum Gasteiger partial charge on any atom is -0.255 e. The first-order valence-corrected chi connectivity index (χ1v) is 41.8. The van der Waals surface area contributed by atoms with Gasteiger partial charge >= 0.3 is 0 Å². The van der Waals surface area contributed by atoms with Crippen LogP contribution in [-0.2, 0) is 0 Å². The van der Waals surface area contributed by atoms with Gasteiger partial charge in [0.05, 0.1) is 73.5 Å². The first-order valence-electron chi connectivity index (χ1n) is 41.8. The van der Waals surface area contributed by atoms with Crippen LogP contribution in [0.4, 0.5) is 0 Å². The third kappa shape index (κ3) is 14.6. The molecule has 9 heterocycles. The summed E-state index contributed by atoms with van der Waals surface area (Å²) < 4.78 is 0. The zero-order valence-electron chi connectivity index (χ0n) is 67.8. The van der Waals surface area contributed by atoms with E-state index in [0.717, 1.165) is 156 Å². The molecule has 24 aromatic rings. The second-order valence-electron chi connectivity index (χ2n) is 30.8. The highest BCUT2D eigenvalue weighted by Crippen LogP contribution is 2.43. The number of benzene rings is 15. The minimum atomic E-state index is 0.585. The van der Waals surface area contributed by atoms with E-state index in [9.17, 15) is 0 Å². The van der Waals surface area contributed by atoms with E-state index < -0.39 is 0 Å². The van der Waals surface area contributed by atoms with Gasteiger partial charge < -0.3 is 0 Å². The zero-order chi connectivity index (χ0) is 83.6. The molecule has 0 saturated heterocycles. The molecular weight excluding hydrogens is 1540 g/mol. The van der Waals surface area contributed by atoms with Crippen LogP contribution in [0.5, 0.6) is 0 Å². The van der Waals surface area contributed by atoms with Gasteiger partial charge in [-0.2, -0.15) is 0 Å². The first-order chi connectivity index (χ1) is 62.4. The van der Waals surface area contributed by atoms with Gasteiger partial charge in [-0.3, -0.25) is 15.0 Å². The van der Waals surface area contributed by atoms with Crippen molar-refractivity contribution in [1.82, 2.24) is 64.8 Å². The van der Waals surface area contributed by atoms with Crippen LogP contribution >= 0.6 is 0 Å². The lowest BCUT2D eigenvalue weighted by molar-refractivity contribution is 1.07. The largest absolute Gasteiger partial charge is 0.255 e. The molecule has 0 aliphatic heterocycles. The van der Waals surface area contributed by atoms with Crippen LogP contribution in [0, 0.1) is 0 Å². The van der Waals surface area contributed by atoms with E-state index in [4.69, 9.17) is 64.8 Å². The molecule has 0 spiro atoms. The molecule has 0 radical (unpaired) electrons. The second-order valence-corrected chi connectivity index (χ2v) is 30.8. The molecule has 0 fully saturated rings. The van der Waals surface area contributed by atoms with Crippen LogP contribution in [0.25, 0.3) is 233 Å². The summed E-state index contributed by atoms with van der Waals surface area (Å²) in [6.45, 7) is 0. The van der Waals surface area contributed by atoms with Crippen molar-refractivity contribution in [3.63, 3.8) is 0 Å². The van der Waals surface area contributed by atoms with E-state index in [-0.39, 0.29) is 0 Å². The topological polar surface area (TPSA) is 168 Å². The van der Waals surface area contributed by atoms with Gasteiger partial charge in [0.1, 0.15) is 0 Å². The number of pyridine rings is 6. The van der Waals surface area contributed by atoms with Gasteiger partial charge in [-0.05, 0) is 99.0 Å². The summed E-state index contributed by atoms with van der Waals surface area (Å²) >= 11 is 0. The van der Waals surface area contributed by atoms with Crippen molar-refractivity contribution >= 4 is 97.3 Å². The van der Waals surface area contributed by atoms with E-state index >= 15 is 0 Å². The standard InChI is InChI=1S/2C38H24N4.C37H23N5/c1-3-12-26(13-4-1)33-24-34(42-38(41-33)27-14-5-2-6-15-27)28-21-22-39-35(23-28)37-31-20-19-25-11-7-8-16-29(25)36(31)30-17-9-10-18-32(30)40-37;1-3-12-26(13-4-1)33-24-34(27-14-5-2-6-15-27)42-38(41-33)28-21-22-39-35(23-28)37-31-20-19-25-11-7-8-16-29(25)36(31)30-17-9-10-18-32(30)40-37;1-3-12-25(13-4-1)35-40-36(26-14-5-2-6-15-26)42-37(41-35)27-21-22-38-32(23-27)34-30-20-19-24-11-7-8-16-28(24)33(30)29-17-9-10-18-31(29)39-34/h2*1-24H;1-23H. The van der Waals surface area contributed by atoms with Gasteiger partial charge in [0.25, 0.3) is 0 Å². The number of nitrogens with zero attached hydrogens (tertiary/aromatic N) is 13. The van der Waals surface area contributed by atoms with Gasteiger partial charge in [-0.1, -0.05) is 346 Å².